The second-order valence-corrected chi connectivity index (χ2v) is 3.57. The molecule has 14 heavy (non-hydrogen) atoms. The van der Waals surface area contributed by atoms with E-state index in [0.717, 1.165) is 17.0 Å². The van der Waals surface area contributed by atoms with Gasteiger partial charge in [0.2, 0.25) is 5.89 Å². The molecule has 1 aromatic heterocycles. The van der Waals surface area contributed by atoms with Crippen molar-refractivity contribution in [3.05, 3.63) is 24.1 Å². The predicted octanol–water partition coefficient (Wildman–Crippen LogP) is 1.47. The normalized spacial score (nSPS) is 11.4. The summed E-state index contributed by atoms with van der Waals surface area (Å²) in [6, 6.07) is 5.47. The molecule has 4 heteroatoms. The third-order valence-electron chi connectivity index (χ3n) is 1.91. The Morgan fingerprint density at radius 3 is 2.93 bits per heavy atom. The van der Waals surface area contributed by atoms with E-state index < -0.39 is 0 Å². The van der Waals surface area contributed by atoms with Gasteiger partial charge in [0.1, 0.15) is 5.52 Å². The number of hydrogen-bond donors (Lipinski definition) is 1. The number of hydrogen-bond acceptors (Lipinski definition) is 4. The predicted molar refractivity (Wildman–Crippen MR) is 55.8 cm³/mol. The first-order valence-electron chi connectivity index (χ1n) is 4.45. The summed E-state index contributed by atoms with van der Waals surface area (Å²) in [5.41, 5.74) is 7.96. The lowest BCUT2D eigenvalue weighted by atomic mass is 10.3. The largest absolute Gasteiger partial charge is 0.439 e. The van der Waals surface area contributed by atoms with Crippen molar-refractivity contribution in [2.45, 2.75) is 6.54 Å². The Balaban J connectivity index is 2.41. The third kappa shape index (κ3) is 1.70. The molecular formula is C10H13N3O. The van der Waals surface area contributed by atoms with Crippen molar-refractivity contribution in [3.63, 3.8) is 0 Å². The molecule has 1 aromatic carbocycles. The van der Waals surface area contributed by atoms with Crippen molar-refractivity contribution in [3.8, 4) is 0 Å². The first-order chi connectivity index (χ1) is 6.65. The Hall–Kier alpha value is -1.55. The van der Waals surface area contributed by atoms with Crippen LogP contribution in [0.15, 0.2) is 22.6 Å². The van der Waals surface area contributed by atoms with Crippen LogP contribution in [0.3, 0.4) is 0 Å². The molecule has 0 aliphatic heterocycles. The summed E-state index contributed by atoms with van der Waals surface area (Å²) < 4.78 is 5.53. The van der Waals surface area contributed by atoms with Crippen molar-refractivity contribution < 1.29 is 4.42 Å². The van der Waals surface area contributed by atoms with Gasteiger partial charge in [0.25, 0.3) is 0 Å². The molecule has 0 unspecified atom stereocenters. The number of nitrogens with two attached hydrogens (primary N) is 1. The van der Waals surface area contributed by atoms with Crippen molar-refractivity contribution in [2.24, 2.45) is 0 Å². The van der Waals surface area contributed by atoms with E-state index >= 15 is 0 Å². The van der Waals surface area contributed by atoms with E-state index in [4.69, 9.17) is 10.2 Å². The first-order valence-corrected chi connectivity index (χ1v) is 4.45. The van der Waals surface area contributed by atoms with Crippen LogP contribution in [0.25, 0.3) is 11.1 Å². The molecule has 2 N–H and O–H groups in total. The molecule has 0 fully saturated rings. The number of benzene rings is 1. The molecule has 4 nitrogen and oxygen atoms in total. The minimum atomic E-state index is 0.703. The fourth-order valence-electron chi connectivity index (χ4n) is 1.33. The zero-order valence-electron chi connectivity index (χ0n) is 8.32. The van der Waals surface area contributed by atoms with Crippen LogP contribution in [-0.2, 0) is 6.54 Å². The van der Waals surface area contributed by atoms with Crippen LogP contribution < -0.4 is 5.73 Å². The summed E-state index contributed by atoms with van der Waals surface area (Å²) in [6.45, 7) is 0.703. The Morgan fingerprint density at radius 2 is 2.21 bits per heavy atom. The fraction of sp³-hybridized carbons (Fsp3) is 0.300. The van der Waals surface area contributed by atoms with Gasteiger partial charge in [0.05, 0.1) is 6.54 Å². The van der Waals surface area contributed by atoms with Crippen LogP contribution in [0.4, 0.5) is 5.69 Å². The average Bonchev–Trinajstić information content (AvgIpc) is 2.44. The zero-order chi connectivity index (χ0) is 10.1. The molecule has 0 atom stereocenters. The summed E-state index contributed by atoms with van der Waals surface area (Å²) in [6.07, 6.45) is 0. The van der Waals surface area contributed by atoms with E-state index in [-0.39, 0.29) is 0 Å². The molecule has 2 aromatic rings. The molecule has 0 bridgehead atoms. The topological polar surface area (TPSA) is 55.3 Å². The van der Waals surface area contributed by atoms with Crippen molar-refractivity contribution >= 4 is 16.8 Å². The number of aromatic nitrogens is 1. The number of anilines is 1. The highest BCUT2D eigenvalue weighted by Gasteiger charge is 2.06. The minimum Gasteiger partial charge on any atom is -0.439 e. The summed E-state index contributed by atoms with van der Waals surface area (Å²) in [5, 5.41) is 0. The fourth-order valence-corrected chi connectivity index (χ4v) is 1.33. The van der Waals surface area contributed by atoms with Gasteiger partial charge in [-0.2, -0.15) is 0 Å². The number of fused-ring (bicyclic) bond motifs is 1. The molecule has 2 rings (SSSR count). The quantitative estimate of drug-likeness (QED) is 0.730. The van der Waals surface area contributed by atoms with Gasteiger partial charge >= 0.3 is 0 Å². The van der Waals surface area contributed by atoms with Crippen molar-refractivity contribution in [1.82, 2.24) is 9.88 Å². The van der Waals surface area contributed by atoms with Crippen LogP contribution in [-0.4, -0.2) is 24.0 Å². The van der Waals surface area contributed by atoms with E-state index in [1.54, 1.807) is 0 Å². The van der Waals surface area contributed by atoms with E-state index in [0.29, 0.717) is 12.2 Å². The number of nitrogens with zero attached hydrogens (tertiary/aromatic N) is 2. The maximum Gasteiger partial charge on any atom is 0.209 e. The second-order valence-electron chi connectivity index (χ2n) is 3.57. The van der Waals surface area contributed by atoms with Gasteiger partial charge in [-0.3, -0.25) is 0 Å². The Kier molecular flexibility index (Phi) is 2.13. The Morgan fingerprint density at radius 1 is 1.43 bits per heavy atom. The maximum absolute atomic E-state index is 5.64. The lowest BCUT2D eigenvalue weighted by Gasteiger charge is -2.03. The standard InChI is InChI=1S/C10H13N3O/c1-13(2)6-10-12-8-5-7(11)3-4-9(8)14-10/h3-5H,6,11H2,1-2H3. The van der Waals surface area contributed by atoms with Crippen LogP contribution in [0.1, 0.15) is 5.89 Å². The Bertz CT molecular complexity index is 448. The monoisotopic (exact) mass is 191 g/mol. The molecule has 0 amide bonds. The molecule has 0 saturated carbocycles. The van der Waals surface area contributed by atoms with Gasteiger partial charge in [0, 0.05) is 5.69 Å². The summed E-state index contributed by atoms with van der Waals surface area (Å²) in [4.78, 5) is 6.33. The van der Waals surface area contributed by atoms with E-state index in [1.807, 2.05) is 37.2 Å². The van der Waals surface area contributed by atoms with E-state index in [9.17, 15) is 0 Å². The van der Waals surface area contributed by atoms with Gasteiger partial charge in [-0.25, -0.2) is 4.98 Å². The summed E-state index contributed by atoms with van der Waals surface area (Å²) >= 11 is 0. The number of rotatable bonds is 2. The highest BCUT2D eigenvalue weighted by Crippen LogP contribution is 2.18. The Labute approximate surface area is 82.3 Å². The smallest absolute Gasteiger partial charge is 0.209 e. The van der Waals surface area contributed by atoms with Crippen LogP contribution in [0, 0.1) is 0 Å². The van der Waals surface area contributed by atoms with Gasteiger partial charge in [-0.05, 0) is 32.3 Å². The van der Waals surface area contributed by atoms with Crippen LogP contribution in [0.5, 0.6) is 0 Å². The molecule has 0 radical (unpaired) electrons. The second kappa shape index (κ2) is 3.31. The summed E-state index contributed by atoms with van der Waals surface area (Å²) in [5.74, 6) is 0.718. The molecule has 0 spiro atoms. The van der Waals surface area contributed by atoms with E-state index in [1.165, 1.54) is 0 Å². The third-order valence-corrected chi connectivity index (χ3v) is 1.91. The van der Waals surface area contributed by atoms with Crippen LogP contribution in [0.2, 0.25) is 0 Å². The van der Waals surface area contributed by atoms with Gasteiger partial charge in [-0.15, -0.1) is 0 Å². The maximum atomic E-state index is 5.64. The summed E-state index contributed by atoms with van der Waals surface area (Å²) in [7, 11) is 3.95. The SMILES string of the molecule is CN(C)Cc1nc2cc(N)ccc2o1. The van der Waals surface area contributed by atoms with Gasteiger partial charge in [-0.1, -0.05) is 0 Å². The minimum absolute atomic E-state index is 0.703. The van der Waals surface area contributed by atoms with E-state index in [2.05, 4.69) is 4.98 Å². The average molecular weight is 191 g/mol. The first kappa shape index (κ1) is 9.02. The molecule has 0 aliphatic carbocycles. The molecular weight excluding hydrogens is 178 g/mol. The van der Waals surface area contributed by atoms with Gasteiger partial charge < -0.3 is 15.1 Å². The lowest BCUT2D eigenvalue weighted by molar-refractivity contribution is 0.349. The number of nitrogen functional groups attached to an aromatic ring is 1. The highest BCUT2D eigenvalue weighted by molar-refractivity contribution is 5.76. The van der Waals surface area contributed by atoms with Gasteiger partial charge in [0.15, 0.2) is 5.58 Å². The number of oxazole rings is 1. The molecule has 74 valence electrons. The molecule has 0 aliphatic rings. The lowest BCUT2D eigenvalue weighted by Crippen LogP contribution is -2.10. The van der Waals surface area contributed by atoms with Crippen molar-refractivity contribution in [2.75, 3.05) is 19.8 Å². The molecule has 0 saturated heterocycles. The zero-order valence-corrected chi connectivity index (χ0v) is 8.32. The molecule has 1 heterocycles. The van der Waals surface area contributed by atoms with Crippen molar-refractivity contribution in [1.29, 1.82) is 0 Å². The highest BCUT2D eigenvalue weighted by atomic mass is 16.3. The van der Waals surface area contributed by atoms with Crippen LogP contribution >= 0.6 is 0 Å².